The van der Waals surface area contributed by atoms with E-state index in [1.165, 1.54) is 11.8 Å². The molecular formula is C27H25N5Pt. The van der Waals surface area contributed by atoms with Crippen molar-refractivity contribution in [3.05, 3.63) is 95.7 Å². The Kier molecular flexibility index (Phi) is 7.00. The molecule has 4 rings (SSSR count). The maximum absolute atomic E-state index is 9.11. The van der Waals surface area contributed by atoms with Gasteiger partial charge in [0.2, 0.25) is 0 Å². The predicted molar refractivity (Wildman–Crippen MR) is 124 cm³/mol. The molecule has 0 radical (unpaired) electrons. The molecule has 33 heavy (non-hydrogen) atoms. The second kappa shape index (κ2) is 9.41. The molecule has 0 saturated carbocycles. The van der Waals surface area contributed by atoms with Crippen LogP contribution in [0.2, 0.25) is 0 Å². The van der Waals surface area contributed by atoms with Crippen molar-refractivity contribution in [1.82, 2.24) is 19.7 Å². The van der Waals surface area contributed by atoms with E-state index >= 15 is 0 Å². The van der Waals surface area contributed by atoms with Gasteiger partial charge in [0.05, 0.1) is 22.9 Å². The molecule has 3 heterocycles. The van der Waals surface area contributed by atoms with Crippen LogP contribution in [0.25, 0.3) is 16.9 Å². The van der Waals surface area contributed by atoms with E-state index in [-0.39, 0.29) is 26.5 Å². The molecule has 0 unspecified atom stereocenters. The Morgan fingerprint density at radius 3 is 2.48 bits per heavy atom. The first-order chi connectivity index (χ1) is 15.2. The number of nitriles is 1. The van der Waals surface area contributed by atoms with Crippen molar-refractivity contribution in [2.75, 3.05) is 0 Å². The minimum atomic E-state index is -0.423. The van der Waals surface area contributed by atoms with Crippen LogP contribution in [0.15, 0.2) is 60.9 Å². The van der Waals surface area contributed by atoms with E-state index in [0.717, 1.165) is 22.6 Å². The summed E-state index contributed by atoms with van der Waals surface area (Å²) in [6.45, 7) is 10.8. The quantitative estimate of drug-likeness (QED) is 0.288. The van der Waals surface area contributed by atoms with Gasteiger partial charge in [-0.3, -0.25) is 9.67 Å². The molecule has 0 saturated heterocycles. The standard InChI is InChI=1S/C27H25N5.Pt/c1-26(2,3)20-9-6-8-19(16-20)23-10-7-11-24(30-23)27(4,5)25-13-15-32(31-25)22-12-14-29-21(17-22)18-28;/h6-7,9-11,13-17H,1-5H3;/q-2;+2. The van der Waals surface area contributed by atoms with E-state index in [1.54, 1.807) is 10.7 Å². The third kappa shape index (κ3) is 5.12. The Morgan fingerprint density at radius 2 is 1.76 bits per heavy atom. The topological polar surface area (TPSA) is 67.4 Å². The van der Waals surface area contributed by atoms with Gasteiger partial charge in [0.15, 0.2) is 0 Å². The van der Waals surface area contributed by atoms with Gasteiger partial charge in [-0.05, 0) is 37.1 Å². The van der Waals surface area contributed by atoms with Crippen LogP contribution in [-0.4, -0.2) is 19.7 Å². The van der Waals surface area contributed by atoms with Crippen LogP contribution >= 0.6 is 0 Å². The van der Waals surface area contributed by atoms with Crippen LogP contribution in [0.4, 0.5) is 0 Å². The Hall–Kier alpha value is -3.09. The summed E-state index contributed by atoms with van der Waals surface area (Å²) in [4.78, 5) is 8.96. The molecule has 0 bridgehead atoms. The van der Waals surface area contributed by atoms with E-state index in [9.17, 15) is 0 Å². The third-order valence-corrected chi connectivity index (χ3v) is 5.61. The molecule has 0 N–H and O–H groups in total. The fourth-order valence-electron chi connectivity index (χ4n) is 3.51. The van der Waals surface area contributed by atoms with Gasteiger partial charge < -0.3 is 4.98 Å². The monoisotopic (exact) mass is 614 g/mol. The molecule has 1 aromatic carbocycles. The molecule has 0 aliphatic heterocycles. The third-order valence-electron chi connectivity index (χ3n) is 5.61. The first-order valence-corrected chi connectivity index (χ1v) is 10.5. The number of hydrogen-bond donors (Lipinski definition) is 0. The number of hydrogen-bond acceptors (Lipinski definition) is 4. The van der Waals surface area contributed by atoms with Gasteiger partial charge in [-0.25, -0.2) is 6.07 Å². The molecule has 3 aromatic heterocycles. The van der Waals surface area contributed by atoms with Crippen molar-refractivity contribution in [3.8, 4) is 23.0 Å². The molecule has 5 nitrogen and oxygen atoms in total. The van der Waals surface area contributed by atoms with Crippen molar-refractivity contribution in [1.29, 1.82) is 5.26 Å². The summed E-state index contributed by atoms with van der Waals surface area (Å²) in [5.41, 5.74) is 5.56. The molecule has 0 aliphatic carbocycles. The van der Waals surface area contributed by atoms with Crippen molar-refractivity contribution >= 4 is 0 Å². The van der Waals surface area contributed by atoms with Gasteiger partial charge in [0, 0.05) is 11.9 Å². The molecule has 4 aromatic rings. The normalized spacial score (nSPS) is 11.5. The zero-order chi connectivity index (χ0) is 22.9. The minimum absolute atomic E-state index is 0. The molecule has 168 valence electrons. The molecule has 6 heteroatoms. The summed E-state index contributed by atoms with van der Waals surface area (Å²) in [6, 6.07) is 24.4. The Balaban J connectivity index is 0.00000306. The van der Waals surface area contributed by atoms with E-state index in [0.29, 0.717) is 11.4 Å². The number of aromatic nitrogens is 4. The molecule has 0 aliphatic rings. The van der Waals surface area contributed by atoms with Crippen molar-refractivity contribution in [2.24, 2.45) is 0 Å². The molecule has 0 spiro atoms. The fourth-order valence-corrected chi connectivity index (χ4v) is 3.51. The zero-order valence-corrected chi connectivity index (χ0v) is 21.6. The molecular weight excluding hydrogens is 589 g/mol. The van der Waals surface area contributed by atoms with Crippen LogP contribution in [0.5, 0.6) is 0 Å². The summed E-state index contributed by atoms with van der Waals surface area (Å²) in [5.74, 6) is 0. The van der Waals surface area contributed by atoms with E-state index < -0.39 is 5.41 Å². The maximum atomic E-state index is 9.11. The molecule has 0 atom stereocenters. The number of rotatable bonds is 4. The zero-order valence-electron chi connectivity index (χ0n) is 19.3. The number of benzene rings is 1. The van der Waals surface area contributed by atoms with Gasteiger partial charge in [-0.1, -0.05) is 44.8 Å². The summed E-state index contributed by atoms with van der Waals surface area (Å²) in [6.07, 6.45) is 3.36. The minimum Gasteiger partial charge on any atom is -0.300 e. The summed E-state index contributed by atoms with van der Waals surface area (Å²) in [5, 5.41) is 13.9. The van der Waals surface area contributed by atoms with E-state index in [1.807, 2.05) is 42.6 Å². The average molecular weight is 615 g/mol. The Labute approximate surface area is 209 Å². The SMILES string of the molecule is CC(C)(C)c1cc[c-]c(-c2cccc(C(C)(C)c3ccn(-c4[c-]cnc(C#N)c4)n3)n2)c1.[Pt+2]. The van der Waals surface area contributed by atoms with Gasteiger partial charge in [-0.2, -0.15) is 10.4 Å². The second-order valence-electron chi connectivity index (χ2n) is 9.35. The van der Waals surface area contributed by atoms with Gasteiger partial charge in [-0.15, -0.1) is 41.5 Å². The van der Waals surface area contributed by atoms with Crippen molar-refractivity contribution in [2.45, 2.75) is 45.4 Å². The first kappa shape index (κ1) is 24.5. The van der Waals surface area contributed by atoms with Crippen molar-refractivity contribution in [3.63, 3.8) is 0 Å². The Bertz CT molecular complexity index is 1310. The fraction of sp³-hybridized carbons (Fsp3) is 0.259. The second-order valence-corrected chi connectivity index (χ2v) is 9.35. The average Bonchev–Trinajstić information content (AvgIpc) is 3.30. The smallest absolute Gasteiger partial charge is 0.300 e. The maximum Gasteiger partial charge on any atom is 2.00 e. The molecule has 0 fully saturated rings. The molecule has 0 amide bonds. The summed E-state index contributed by atoms with van der Waals surface area (Å²) in [7, 11) is 0. The largest absolute Gasteiger partial charge is 2.00 e. The number of pyridine rings is 2. The summed E-state index contributed by atoms with van der Waals surface area (Å²) >= 11 is 0. The number of nitrogens with zero attached hydrogens (tertiary/aromatic N) is 5. The first-order valence-electron chi connectivity index (χ1n) is 10.5. The van der Waals surface area contributed by atoms with Crippen LogP contribution in [0.1, 0.15) is 57.3 Å². The summed E-state index contributed by atoms with van der Waals surface area (Å²) < 4.78 is 1.71. The van der Waals surface area contributed by atoms with Crippen LogP contribution in [0, 0.1) is 23.5 Å². The Morgan fingerprint density at radius 1 is 0.970 bits per heavy atom. The van der Waals surface area contributed by atoms with Gasteiger partial charge >= 0.3 is 21.1 Å². The predicted octanol–water partition coefficient (Wildman–Crippen LogP) is 5.42. The van der Waals surface area contributed by atoms with E-state index in [2.05, 4.69) is 63.9 Å². The van der Waals surface area contributed by atoms with Crippen LogP contribution in [-0.2, 0) is 31.9 Å². The van der Waals surface area contributed by atoms with Crippen LogP contribution in [0.3, 0.4) is 0 Å². The van der Waals surface area contributed by atoms with Crippen molar-refractivity contribution < 1.29 is 21.1 Å². The van der Waals surface area contributed by atoms with E-state index in [4.69, 9.17) is 15.3 Å². The van der Waals surface area contributed by atoms with Crippen LogP contribution < -0.4 is 0 Å². The van der Waals surface area contributed by atoms with Gasteiger partial charge in [0.25, 0.3) is 0 Å². The van der Waals surface area contributed by atoms with Gasteiger partial charge in [0.1, 0.15) is 0 Å².